The number of cyclic esters (lactones) is 1. The predicted octanol–water partition coefficient (Wildman–Crippen LogP) is 1.28. The van der Waals surface area contributed by atoms with Crippen LogP contribution in [-0.2, 0) is 14.0 Å². The molecule has 11 heavy (non-hydrogen) atoms. The van der Waals surface area contributed by atoms with Crippen LogP contribution in [-0.4, -0.2) is 20.6 Å². The Morgan fingerprint density at radius 3 is 2.55 bits per heavy atom. The van der Waals surface area contributed by atoms with Crippen LogP contribution in [0.1, 0.15) is 0 Å². The number of carbonyl (C=O) groups is 1. The van der Waals surface area contributed by atoms with E-state index in [9.17, 15) is 4.79 Å². The van der Waals surface area contributed by atoms with Gasteiger partial charge in [0.1, 0.15) is 0 Å². The van der Waals surface area contributed by atoms with E-state index in [-0.39, 0.29) is 5.97 Å². The molecule has 3 nitrogen and oxygen atoms in total. The monoisotopic (exact) mass is 172 g/mol. The first-order valence-corrected chi connectivity index (χ1v) is 6.95. The zero-order valence-electron chi connectivity index (χ0n) is 6.96. The highest BCUT2D eigenvalue weighted by Gasteiger charge is 2.24. The van der Waals surface area contributed by atoms with Crippen molar-refractivity contribution >= 4 is 14.3 Å². The fourth-order valence-electron chi connectivity index (χ4n) is 0.762. The molecule has 1 atom stereocenters. The third-order valence-corrected chi connectivity index (χ3v) is 2.03. The molecule has 0 saturated heterocycles. The summed E-state index contributed by atoms with van der Waals surface area (Å²) in [6.45, 7) is 6.15. The molecule has 0 aromatic heterocycles. The van der Waals surface area contributed by atoms with Crippen molar-refractivity contribution in [3.05, 3.63) is 12.2 Å². The molecule has 4 heteroatoms. The molecule has 0 N–H and O–H groups in total. The molecule has 0 aliphatic carbocycles. The maximum absolute atomic E-state index is 10.6. The van der Waals surface area contributed by atoms with Crippen LogP contribution in [0.15, 0.2) is 12.2 Å². The van der Waals surface area contributed by atoms with Crippen LogP contribution in [0.4, 0.5) is 0 Å². The van der Waals surface area contributed by atoms with Gasteiger partial charge in [0.2, 0.25) is 6.29 Å². The van der Waals surface area contributed by atoms with Crippen LogP contribution in [0.3, 0.4) is 0 Å². The van der Waals surface area contributed by atoms with Crippen molar-refractivity contribution in [1.29, 1.82) is 0 Å². The first kappa shape index (κ1) is 8.48. The molecule has 1 unspecified atom stereocenters. The van der Waals surface area contributed by atoms with Crippen LogP contribution in [0, 0.1) is 0 Å². The second-order valence-electron chi connectivity index (χ2n) is 3.39. The molecule has 1 rings (SSSR count). The molecule has 0 aromatic carbocycles. The van der Waals surface area contributed by atoms with Crippen molar-refractivity contribution in [3.8, 4) is 0 Å². The average molecular weight is 172 g/mol. The van der Waals surface area contributed by atoms with Crippen LogP contribution in [0.5, 0.6) is 0 Å². The molecule has 1 aliphatic heterocycles. The SMILES string of the molecule is C[Si](C)(C)OC1C=CC(=O)O1. The van der Waals surface area contributed by atoms with Gasteiger partial charge in [-0.25, -0.2) is 4.79 Å². The Morgan fingerprint density at radius 2 is 2.18 bits per heavy atom. The van der Waals surface area contributed by atoms with E-state index in [1.54, 1.807) is 6.08 Å². The van der Waals surface area contributed by atoms with E-state index < -0.39 is 14.6 Å². The van der Waals surface area contributed by atoms with Gasteiger partial charge in [0.15, 0.2) is 8.32 Å². The standard InChI is InChI=1S/C7H12O3Si/c1-11(2,3)10-7-5-4-6(8)9-7/h4-5,7H,1-3H3. The molecule has 0 bridgehead atoms. The molecule has 0 aromatic rings. The quantitative estimate of drug-likeness (QED) is 0.465. The van der Waals surface area contributed by atoms with E-state index in [1.165, 1.54) is 6.08 Å². The summed E-state index contributed by atoms with van der Waals surface area (Å²) in [6.07, 6.45) is 2.60. The Labute approximate surface area is 67.1 Å². The fraction of sp³-hybridized carbons (Fsp3) is 0.571. The topological polar surface area (TPSA) is 35.5 Å². The van der Waals surface area contributed by atoms with Crippen molar-refractivity contribution < 1.29 is 14.0 Å². The average Bonchev–Trinajstić information content (AvgIpc) is 2.10. The summed E-state index contributed by atoms with van der Waals surface area (Å²) in [7, 11) is -1.58. The van der Waals surface area contributed by atoms with Gasteiger partial charge in [0.05, 0.1) is 0 Å². The molecule has 1 aliphatic rings. The second kappa shape index (κ2) is 2.79. The van der Waals surface area contributed by atoms with E-state index >= 15 is 0 Å². The highest BCUT2D eigenvalue weighted by molar-refractivity contribution is 6.69. The Bertz CT molecular complexity index is 192. The second-order valence-corrected chi connectivity index (χ2v) is 7.86. The van der Waals surface area contributed by atoms with Crippen LogP contribution in [0.2, 0.25) is 19.6 Å². The normalized spacial score (nSPS) is 23.9. The molecule has 1 heterocycles. The van der Waals surface area contributed by atoms with Crippen LogP contribution in [0.25, 0.3) is 0 Å². The largest absolute Gasteiger partial charge is 0.430 e. The zero-order chi connectivity index (χ0) is 8.48. The fourth-order valence-corrected chi connectivity index (χ4v) is 1.59. The van der Waals surface area contributed by atoms with Gasteiger partial charge < -0.3 is 9.16 Å². The molecule has 0 fully saturated rings. The molecule has 0 amide bonds. The van der Waals surface area contributed by atoms with Gasteiger partial charge in [-0.2, -0.15) is 0 Å². The summed E-state index contributed by atoms with van der Waals surface area (Å²) in [5, 5.41) is 0. The first-order chi connectivity index (χ1) is 4.97. The molecule has 0 spiro atoms. The van der Waals surface area contributed by atoms with E-state index in [0.717, 1.165) is 0 Å². The minimum absolute atomic E-state index is 0.312. The van der Waals surface area contributed by atoms with Crippen molar-refractivity contribution in [2.45, 2.75) is 25.9 Å². The molecule has 0 saturated carbocycles. The third kappa shape index (κ3) is 2.86. The number of ether oxygens (including phenoxy) is 1. The lowest BCUT2D eigenvalue weighted by molar-refractivity contribution is -0.148. The van der Waals surface area contributed by atoms with E-state index in [0.29, 0.717) is 0 Å². The van der Waals surface area contributed by atoms with E-state index in [1.807, 2.05) is 19.6 Å². The number of carbonyl (C=O) groups excluding carboxylic acids is 1. The number of hydrogen-bond acceptors (Lipinski definition) is 3. The third-order valence-electron chi connectivity index (χ3n) is 1.09. The Kier molecular flexibility index (Phi) is 2.15. The van der Waals surface area contributed by atoms with Crippen LogP contribution >= 0.6 is 0 Å². The van der Waals surface area contributed by atoms with E-state index in [2.05, 4.69) is 0 Å². The lowest BCUT2D eigenvalue weighted by Crippen LogP contribution is -2.31. The van der Waals surface area contributed by atoms with Gasteiger partial charge in [0, 0.05) is 6.08 Å². The molecule has 0 radical (unpaired) electrons. The van der Waals surface area contributed by atoms with Crippen molar-refractivity contribution in [2.24, 2.45) is 0 Å². The minimum atomic E-state index is -1.58. The summed E-state index contributed by atoms with van der Waals surface area (Å²) >= 11 is 0. The number of hydrogen-bond donors (Lipinski definition) is 0. The Hall–Kier alpha value is -0.613. The lowest BCUT2D eigenvalue weighted by Gasteiger charge is -2.20. The predicted molar refractivity (Wildman–Crippen MR) is 43.5 cm³/mol. The highest BCUT2D eigenvalue weighted by Crippen LogP contribution is 2.13. The smallest absolute Gasteiger partial charge is 0.333 e. The highest BCUT2D eigenvalue weighted by atomic mass is 28.4. The number of esters is 1. The van der Waals surface area contributed by atoms with Crippen LogP contribution < -0.4 is 0 Å². The van der Waals surface area contributed by atoms with Gasteiger partial charge in [0.25, 0.3) is 0 Å². The zero-order valence-corrected chi connectivity index (χ0v) is 7.96. The first-order valence-electron chi connectivity index (χ1n) is 3.54. The minimum Gasteiger partial charge on any atom is -0.430 e. The Morgan fingerprint density at radius 1 is 1.55 bits per heavy atom. The summed E-state index contributed by atoms with van der Waals surface area (Å²) in [5.74, 6) is -0.312. The molecular formula is C7H12O3Si. The van der Waals surface area contributed by atoms with Crippen molar-refractivity contribution in [1.82, 2.24) is 0 Å². The van der Waals surface area contributed by atoms with Gasteiger partial charge in [-0.1, -0.05) is 0 Å². The van der Waals surface area contributed by atoms with Crippen molar-refractivity contribution in [3.63, 3.8) is 0 Å². The summed E-state index contributed by atoms with van der Waals surface area (Å²) in [5.41, 5.74) is 0. The lowest BCUT2D eigenvalue weighted by atomic mass is 10.5. The van der Waals surface area contributed by atoms with Gasteiger partial charge in [-0.15, -0.1) is 0 Å². The van der Waals surface area contributed by atoms with Gasteiger partial charge >= 0.3 is 5.97 Å². The molecular weight excluding hydrogens is 160 g/mol. The van der Waals surface area contributed by atoms with Crippen molar-refractivity contribution in [2.75, 3.05) is 0 Å². The summed E-state index contributed by atoms with van der Waals surface area (Å²) in [4.78, 5) is 10.6. The van der Waals surface area contributed by atoms with E-state index in [4.69, 9.17) is 9.16 Å². The maximum Gasteiger partial charge on any atom is 0.333 e. The molecule has 62 valence electrons. The van der Waals surface area contributed by atoms with Gasteiger partial charge in [-0.05, 0) is 25.7 Å². The van der Waals surface area contributed by atoms with Gasteiger partial charge in [-0.3, -0.25) is 0 Å². The Balaban J connectivity index is 2.42. The summed E-state index contributed by atoms with van der Waals surface area (Å²) < 4.78 is 10.3. The summed E-state index contributed by atoms with van der Waals surface area (Å²) in [6, 6.07) is 0. The number of rotatable bonds is 2. The maximum atomic E-state index is 10.6.